The van der Waals surface area contributed by atoms with E-state index in [1.165, 1.54) is 11.1 Å². The first kappa shape index (κ1) is 18.5. The van der Waals surface area contributed by atoms with Gasteiger partial charge in [-0.05, 0) is 67.1 Å². The lowest BCUT2D eigenvalue weighted by Crippen LogP contribution is -2.42. The highest BCUT2D eigenvalue weighted by molar-refractivity contribution is 6.30. The Balaban J connectivity index is 1.47. The van der Waals surface area contributed by atoms with Gasteiger partial charge < -0.3 is 10.6 Å². The number of nitrogens with zero attached hydrogens (tertiary/aromatic N) is 1. The van der Waals surface area contributed by atoms with Crippen LogP contribution in [0.4, 0.5) is 10.5 Å². The summed E-state index contributed by atoms with van der Waals surface area (Å²) in [6.07, 6.45) is 3.19. The summed E-state index contributed by atoms with van der Waals surface area (Å²) in [7, 11) is 0. The minimum absolute atomic E-state index is 0.342. The molecule has 0 unspecified atom stereocenters. The van der Waals surface area contributed by atoms with E-state index in [-0.39, 0.29) is 6.54 Å². The molecule has 0 saturated carbocycles. The monoisotopic (exact) mass is 397 g/mol. The Morgan fingerprint density at radius 2 is 1.86 bits per heavy atom. The number of imide groups is 1. The topological polar surface area (TPSA) is 78.5 Å². The molecule has 4 rings (SSSR count). The molecule has 1 heterocycles. The number of urea groups is 1. The Morgan fingerprint density at radius 3 is 2.61 bits per heavy atom. The van der Waals surface area contributed by atoms with Crippen molar-refractivity contribution in [2.75, 3.05) is 11.9 Å². The molecule has 2 aromatic carbocycles. The van der Waals surface area contributed by atoms with Crippen molar-refractivity contribution >= 4 is 35.1 Å². The van der Waals surface area contributed by atoms with Gasteiger partial charge >= 0.3 is 6.03 Å². The number of hydrogen-bond donors (Lipinski definition) is 2. The summed E-state index contributed by atoms with van der Waals surface area (Å²) in [5.74, 6) is -0.884. The van der Waals surface area contributed by atoms with Gasteiger partial charge in [-0.15, -0.1) is 0 Å². The van der Waals surface area contributed by atoms with Gasteiger partial charge in [0.2, 0.25) is 5.91 Å². The van der Waals surface area contributed by atoms with Gasteiger partial charge in [0, 0.05) is 10.7 Å². The molecule has 28 heavy (non-hydrogen) atoms. The normalized spacial score (nSPS) is 20.9. The average molecular weight is 398 g/mol. The van der Waals surface area contributed by atoms with Crippen molar-refractivity contribution in [2.24, 2.45) is 0 Å². The van der Waals surface area contributed by atoms with Crippen LogP contribution in [0.2, 0.25) is 5.02 Å². The van der Waals surface area contributed by atoms with Crippen LogP contribution in [-0.4, -0.2) is 29.3 Å². The first-order valence-electron chi connectivity index (χ1n) is 9.18. The van der Waals surface area contributed by atoms with Crippen LogP contribution in [0.15, 0.2) is 42.5 Å². The first-order chi connectivity index (χ1) is 13.4. The van der Waals surface area contributed by atoms with Crippen LogP contribution >= 0.6 is 11.6 Å². The lowest BCUT2D eigenvalue weighted by molar-refractivity contribution is -0.133. The smallest absolute Gasteiger partial charge is 0.325 e. The number of carbonyl (C=O) groups excluding carboxylic acids is 3. The van der Waals surface area contributed by atoms with E-state index in [1.54, 1.807) is 31.2 Å². The second-order valence-electron chi connectivity index (χ2n) is 7.34. The van der Waals surface area contributed by atoms with Crippen LogP contribution in [0.5, 0.6) is 0 Å². The van der Waals surface area contributed by atoms with E-state index in [2.05, 4.69) is 10.6 Å². The van der Waals surface area contributed by atoms with Crippen molar-refractivity contribution in [3.05, 3.63) is 64.2 Å². The fourth-order valence-corrected chi connectivity index (χ4v) is 3.94. The summed E-state index contributed by atoms with van der Waals surface area (Å²) in [4.78, 5) is 38.7. The molecule has 1 fully saturated rings. The van der Waals surface area contributed by atoms with E-state index in [0.717, 1.165) is 24.2 Å². The first-order valence-corrected chi connectivity index (χ1v) is 9.56. The van der Waals surface area contributed by atoms with Gasteiger partial charge in [0.15, 0.2) is 0 Å². The van der Waals surface area contributed by atoms with Crippen LogP contribution in [0.25, 0.3) is 0 Å². The molecular formula is C21H20ClN3O3. The van der Waals surface area contributed by atoms with E-state index < -0.39 is 23.4 Å². The molecule has 1 atom stereocenters. The van der Waals surface area contributed by atoms with Gasteiger partial charge in [-0.2, -0.15) is 0 Å². The molecule has 6 nitrogen and oxygen atoms in total. The largest absolute Gasteiger partial charge is 0.325 e. The number of fused-ring (bicyclic) bond motifs is 1. The van der Waals surface area contributed by atoms with Gasteiger partial charge in [0.25, 0.3) is 5.91 Å². The summed E-state index contributed by atoms with van der Waals surface area (Å²) >= 11 is 5.90. The predicted molar refractivity (Wildman–Crippen MR) is 106 cm³/mol. The zero-order valence-electron chi connectivity index (χ0n) is 15.4. The minimum Gasteiger partial charge on any atom is -0.325 e. The summed E-state index contributed by atoms with van der Waals surface area (Å²) in [6.45, 7) is 1.28. The number of anilines is 1. The van der Waals surface area contributed by atoms with E-state index in [4.69, 9.17) is 11.6 Å². The second kappa shape index (κ2) is 6.95. The number of benzene rings is 2. The number of carbonyl (C=O) groups is 3. The molecule has 0 spiro atoms. The van der Waals surface area contributed by atoms with Gasteiger partial charge in [0.05, 0.1) is 0 Å². The third-order valence-corrected chi connectivity index (χ3v) is 5.63. The molecule has 1 saturated heterocycles. The van der Waals surface area contributed by atoms with Gasteiger partial charge in [-0.3, -0.25) is 14.5 Å². The lowest BCUT2D eigenvalue weighted by atomic mass is 9.92. The Morgan fingerprint density at radius 1 is 1.14 bits per heavy atom. The fourth-order valence-electron chi connectivity index (χ4n) is 3.81. The minimum atomic E-state index is -1.23. The van der Waals surface area contributed by atoms with Crippen molar-refractivity contribution in [2.45, 2.75) is 31.7 Å². The Labute approximate surface area is 167 Å². The molecule has 0 bridgehead atoms. The second-order valence-corrected chi connectivity index (χ2v) is 7.77. The number of halogens is 1. The maximum atomic E-state index is 12.9. The lowest BCUT2D eigenvalue weighted by Gasteiger charge is -2.22. The standard InChI is InChI=1S/C21H20ClN3O3/c1-21(15-6-8-16(22)9-7-15)19(27)25(20(28)24-21)12-18(26)23-17-10-5-13-3-2-4-14(13)11-17/h5-11H,2-4,12H2,1H3,(H,23,26)(H,24,28)/t21-/m1/s1. The molecule has 4 amide bonds. The van der Waals surface area contributed by atoms with Crippen LogP contribution in [0, 0.1) is 0 Å². The van der Waals surface area contributed by atoms with Crippen molar-refractivity contribution < 1.29 is 14.4 Å². The highest BCUT2D eigenvalue weighted by atomic mass is 35.5. The molecule has 0 aromatic heterocycles. The Hall–Kier alpha value is -2.86. The predicted octanol–water partition coefficient (Wildman–Crippen LogP) is 3.23. The molecule has 1 aliphatic carbocycles. The van der Waals surface area contributed by atoms with E-state index in [1.807, 2.05) is 18.2 Å². The fraction of sp³-hybridized carbons (Fsp3) is 0.286. The number of amides is 4. The Kier molecular flexibility index (Phi) is 4.59. The van der Waals surface area contributed by atoms with Gasteiger partial charge in [-0.25, -0.2) is 4.79 Å². The molecule has 2 N–H and O–H groups in total. The maximum Gasteiger partial charge on any atom is 0.325 e. The number of rotatable bonds is 4. The maximum absolute atomic E-state index is 12.9. The van der Waals surface area contributed by atoms with Crippen LogP contribution in [0.1, 0.15) is 30.0 Å². The van der Waals surface area contributed by atoms with Gasteiger partial charge in [-0.1, -0.05) is 29.8 Å². The third kappa shape index (κ3) is 3.24. The zero-order valence-corrected chi connectivity index (χ0v) is 16.2. The highest BCUT2D eigenvalue weighted by Crippen LogP contribution is 2.30. The van der Waals surface area contributed by atoms with Crippen LogP contribution in [0.3, 0.4) is 0 Å². The Bertz CT molecular complexity index is 973. The van der Waals surface area contributed by atoms with Gasteiger partial charge in [0.1, 0.15) is 12.1 Å². The zero-order chi connectivity index (χ0) is 19.9. The average Bonchev–Trinajstić information content (AvgIpc) is 3.21. The number of hydrogen-bond acceptors (Lipinski definition) is 3. The van der Waals surface area contributed by atoms with Crippen molar-refractivity contribution in [1.82, 2.24) is 10.2 Å². The molecule has 2 aliphatic rings. The van der Waals surface area contributed by atoms with E-state index >= 15 is 0 Å². The molecule has 7 heteroatoms. The summed E-state index contributed by atoms with van der Waals surface area (Å²) in [5.41, 5.74) is 2.61. The number of nitrogens with one attached hydrogen (secondary N) is 2. The van der Waals surface area contributed by atoms with Crippen molar-refractivity contribution in [3.8, 4) is 0 Å². The molecule has 0 radical (unpaired) electrons. The van der Waals surface area contributed by atoms with Crippen molar-refractivity contribution in [3.63, 3.8) is 0 Å². The quantitative estimate of drug-likeness (QED) is 0.777. The molecular weight excluding hydrogens is 378 g/mol. The summed E-state index contributed by atoms with van der Waals surface area (Å²) in [6, 6.07) is 11.9. The third-order valence-electron chi connectivity index (χ3n) is 5.38. The molecule has 144 valence electrons. The molecule has 1 aliphatic heterocycles. The van der Waals surface area contributed by atoms with Crippen LogP contribution < -0.4 is 10.6 Å². The van der Waals surface area contributed by atoms with Crippen LogP contribution in [-0.2, 0) is 28.0 Å². The van der Waals surface area contributed by atoms with E-state index in [0.29, 0.717) is 16.3 Å². The van der Waals surface area contributed by atoms with Crippen molar-refractivity contribution in [1.29, 1.82) is 0 Å². The highest BCUT2D eigenvalue weighted by Gasteiger charge is 2.49. The SMILES string of the molecule is C[C@]1(c2ccc(Cl)cc2)NC(=O)N(CC(=O)Nc2ccc3c(c2)CCC3)C1=O. The van der Waals surface area contributed by atoms with E-state index in [9.17, 15) is 14.4 Å². The summed E-state index contributed by atoms with van der Waals surface area (Å²) < 4.78 is 0. The summed E-state index contributed by atoms with van der Waals surface area (Å²) in [5, 5.41) is 6.00. The number of aryl methyl sites for hydroxylation is 2. The molecule has 2 aromatic rings.